The van der Waals surface area contributed by atoms with Gasteiger partial charge in [0.25, 0.3) is 5.91 Å². The molecule has 1 aliphatic heterocycles. The van der Waals surface area contributed by atoms with Gasteiger partial charge in [0.1, 0.15) is 12.2 Å². The second kappa shape index (κ2) is 6.12. The fourth-order valence-electron chi connectivity index (χ4n) is 1.82. The van der Waals surface area contributed by atoms with Gasteiger partial charge < -0.3 is 35.6 Å². The van der Waals surface area contributed by atoms with Gasteiger partial charge in [-0.3, -0.25) is 4.79 Å². The van der Waals surface area contributed by atoms with E-state index in [4.69, 9.17) is 14.9 Å². The molecule has 1 rings (SSSR count). The maximum atomic E-state index is 11.9. The molecule has 1 aliphatic rings. The molecule has 0 radical (unpaired) electrons. The lowest BCUT2D eigenvalue weighted by molar-refractivity contribution is -0.244. The van der Waals surface area contributed by atoms with E-state index in [1.807, 2.05) is 0 Å². The van der Waals surface area contributed by atoms with E-state index in [0.717, 1.165) is 0 Å². The SMILES string of the molecule is CC(C)[C@@H](CO)NC(=O)[C@H]1O[C@](O)(CO)[C@@H](O)[C@@H]1O. The van der Waals surface area contributed by atoms with E-state index in [9.17, 15) is 20.1 Å². The molecular formula is C11H21NO7. The first-order valence-corrected chi connectivity index (χ1v) is 6.05. The molecule has 0 bridgehead atoms. The topological polar surface area (TPSA) is 139 Å². The molecule has 8 heteroatoms. The predicted molar refractivity (Wildman–Crippen MR) is 62.8 cm³/mol. The average Bonchev–Trinajstić information content (AvgIpc) is 2.60. The summed E-state index contributed by atoms with van der Waals surface area (Å²) in [6.45, 7) is 2.32. The van der Waals surface area contributed by atoms with Gasteiger partial charge in [-0.15, -0.1) is 0 Å². The zero-order chi connectivity index (χ0) is 14.8. The number of hydrogen-bond acceptors (Lipinski definition) is 7. The third-order valence-electron chi connectivity index (χ3n) is 3.24. The first-order chi connectivity index (χ1) is 8.76. The van der Waals surface area contributed by atoms with Crippen molar-refractivity contribution in [1.29, 1.82) is 0 Å². The first-order valence-electron chi connectivity index (χ1n) is 6.05. The van der Waals surface area contributed by atoms with E-state index in [-0.39, 0.29) is 12.5 Å². The summed E-state index contributed by atoms with van der Waals surface area (Å²) in [6.07, 6.45) is -4.97. The summed E-state index contributed by atoms with van der Waals surface area (Å²) in [4.78, 5) is 11.9. The summed E-state index contributed by atoms with van der Waals surface area (Å²) in [5, 5.41) is 49.3. The number of carbonyl (C=O) groups excluding carboxylic acids is 1. The van der Waals surface area contributed by atoms with Gasteiger partial charge in [0, 0.05) is 0 Å². The molecule has 0 saturated carbocycles. The lowest BCUT2D eigenvalue weighted by Gasteiger charge is -2.24. The van der Waals surface area contributed by atoms with Gasteiger partial charge in [0.05, 0.1) is 19.3 Å². The van der Waals surface area contributed by atoms with Crippen LogP contribution >= 0.6 is 0 Å². The third-order valence-corrected chi connectivity index (χ3v) is 3.24. The van der Waals surface area contributed by atoms with Crippen molar-refractivity contribution in [2.45, 2.75) is 44.0 Å². The maximum Gasteiger partial charge on any atom is 0.252 e. The van der Waals surface area contributed by atoms with Crippen molar-refractivity contribution < 1.29 is 35.1 Å². The van der Waals surface area contributed by atoms with Gasteiger partial charge in [0.2, 0.25) is 5.79 Å². The fraction of sp³-hybridized carbons (Fsp3) is 0.909. The smallest absolute Gasteiger partial charge is 0.252 e. The van der Waals surface area contributed by atoms with Crippen LogP contribution in [0.3, 0.4) is 0 Å². The van der Waals surface area contributed by atoms with Crippen LogP contribution in [0.2, 0.25) is 0 Å². The van der Waals surface area contributed by atoms with E-state index < -0.39 is 42.7 Å². The summed E-state index contributed by atoms with van der Waals surface area (Å²) in [5.41, 5.74) is 0. The molecule has 0 unspecified atom stereocenters. The molecular weight excluding hydrogens is 258 g/mol. The molecule has 19 heavy (non-hydrogen) atoms. The van der Waals surface area contributed by atoms with Gasteiger partial charge in [-0.25, -0.2) is 0 Å². The highest BCUT2D eigenvalue weighted by Gasteiger charge is 2.55. The summed E-state index contributed by atoms with van der Waals surface area (Å²) in [5.74, 6) is -3.19. The zero-order valence-electron chi connectivity index (χ0n) is 10.9. The normalized spacial score (nSPS) is 36.5. The van der Waals surface area contributed by atoms with Gasteiger partial charge in [-0.1, -0.05) is 13.8 Å². The summed E-state index contributed by atoms with van der Waals surface area (Å²) < 4.78 is 4.82. The number of nitrogens with one attached hydrogen (secondary N) is 1. The number of hydrogen-bond donors (Lipinski definition) is 6. The quantitative estimate of drug-likeness (QED) is 0.313. The Hall–Kier alpha value is -0.770. The van der Waals surface area contributed by atoms with Crippen LogP contribution in [0.25, 0.3) is 0 Å². The highest BCUT2D eigenvalue weighted by atomic mass is 16.7. The number of ether oxygens (including phenoxy) is 1. The minimum atomic E-state index is -2.37. The van der Waals surface area contributed by atoms with E-state index in [2.05, 4.69) is 5.32 Å². The number of amides is 1. The Labute approximate surface area is 110 Å². The van der Waals surface area contributed by atoms with Crippen molar-refractivity contribution in [3.8, 4) is 0 Å². The van der Waals surface area contributed by atoms with Crippen LogP contribution in [0.15, 0.2) is 0 Å². The van der Waals surface area contributed by atoms with Crippen molar-refractivity contribution in [3.63, 3.8) is 0 Å². The standard InChI is InChI=1S/C11H21NO7/c1-5(2)6(3-13)12-10(17)8-7(15)9(16)11(18,4-14)19-8/h5-9,13-16,18H,3-4H2,1-2H3,(H,12,17)/t6-,7-,8+,9+,11-/m1/s1. The largest absolute Gasteiger partial charge is 0.394 e. The molecule has 0 aromatic carbocycles. The second-order valence-electron chi connectivity index (χ2n) is 5.02. The Morgan fingerprint density at radius 1 is 1.37 bits per heavy atom. The Bertz CT molecular complexity index is 324. The molecule has 0 aliphatic carbocycles. The Morgan fingerprint density at radius 2 is 1.95 bits per heavy atom. The Morgan fingerprint density at radius 3 is 2.32 bits per heavy atom. The van der Waals surface area contributed by atoms with Crippen molar-refractivity contribution in [3.05, 3.63) is 0 Å². The first kappa shape index (κ1) is 16.3. The van der Waals surface area contributed by atoms with Crippen LogP contribution in [0.1, 0.15) is 13.8 Å². The summed E-state index contributed by atoms with van der Waals surface area (Å²) in [7, 11) is 0. The molecule has 0 aromatic heterocycles. The van der Waals surface area contributed by atoms with Gasteiger partial charge in [-0.2, -0.15) is 0 Å². The summed E-state index contributed by atoms with van der Waals surface area (Å²) in [6, 6.07) is -0.539. The van der Waals surface area contributed by atoms with Crippen molar-refractivity contribution in [2.24, 2.45) is 5.92 Å². The zero-order valence-corrected chi connectivity index (χ0v) is 10.9. The number of rotatable bonds is 5. The minimum Gasteiger partial charge on any atom is -0.394 e. The second-order valence-corrected chi connectivity index (χ2v) is 5.02. The number of aliphatic hydroxyl groups is 5. The van der Waals surface area contributed by atoms with Gasteiger partial charge in [-0.05, 0) is 5.92 Å². The van der Waals surface area contributed by atoms with Crippen LogP contribution in [-0.2, 0) is 9.53 Å². The number of carbonyl (C=O) groups is 1. The van der Waals surface area contributed by atoms with Gasteiger partial charge in [0.15, 0.2) is 6.10 Å². The molecule has 1 heterocycles. The van der Waals surface area contributed by atoms with E-state index in [1.165, 1.54) is 0 Å². The molecule has 1 fully saturated rings. The van der Waals surface area contributed by atoms with Crippen LogP contribution in [0, 0.1) is 5.92 Å². The molecule has 112 valence electrons. The molecule has 1 amide bonds. The monoisotopic (exact) mass is 279 g/mol. The molecule has 6 N–H and O–H groups in total. The van der Waals surface area contributed by atoms with Crippen molar-refractivity contribution in [1.82, 2.24) is 5.32 Å². The highest BCUT2D eigenvalue weighted by molar-refractivity contribution is 5.82. The highest BCUT2D eigenvalue weighted by Crippen LogP contribution is 2.29. The lowest BCUT2D eigenvalue weighted by Crippen LogP contribution is -2.49. The lowest BCUT2D eigenvalue weighted by atomic mass is 10.0. The summed E-state index contributed by atoms with van der Waals surface area (Å²) >= 11 is 0. The van der Waals surface area contributed by atoms with Crippen LogP contribution in [0.5, 0.6) is 0 Å². The molecule has 0 spiro atoms. The minimum absolute atomic E-state index is 0.0471. The fourth-order valence-corrected chi connectivity index (χ4v) is 1.82. The number of aliphatic hydroxyl groups excluding tert-OH is 4. The van der Waals surface area contributed by atoms with Crippen LogP contribution < -0.4 is 5.32 Å². The molecule has 8 nitrogen and oxygen atoms in total. The Balaban J connectivity index is 2.73. The van der Waals surface area contributed by atoms with Crippen molar-refractivity contribution in [2.75, 3.05) is 13.2 Å². The maximum absolute atomic E-state index is 11.9. The molecule has 5 atom stereocenters. The van der Waals surface area contributed by atoms with E-state index in [1.54, 1.807) is 13.8 Å². The van der Waals surface area contributed by atoms with E-state index >= 15 is 0 Å². The van der Waals surface area contributed by atoms with Crippen LogP contribution in [-0.4, -0.2) is 74.8 Å². The van der Waals surface area contributed by atoms with E-state index in [0.29, 0.717) is 0 Å². The Kier molecular flexibility index (Phi) is 5.25. The molecule has 1 saturated heterocycles. The third kappa shape index (κ3) is 3.22. The van der Waals surface area contributed by atoms with Crippen molar-refractivity contribution >= 4 is 5.91 Å². The van der Waals surface area contributed by atoms with Gasteiger partial charge >= 0.3 is 0 Å². The molecule has 0 aromatic rings. The van der Waals surface area contributed by atoms with Crippen LogP contribution in [0.4, 0.5) is 0 Å². The predicted octanol–water partition coefficient (Wildman–Crippen LogP) is -3.08. The average molecular weight is 279 g/mol.